The van der Waals surface area contributed by atoms with Gasteiger partial charge in [-0.1, -0.05) is 56.7 Å². The monoisotopic (exact) mass is 544 g/mol. The molecule has 0 N–H and O–H groups in total. The van der Waals surface area contributed by atoms with E-state index in [0.29, 0.717) is 5.84 Å². The van der Waals surface area contributed by atoms with Crippen molar-refractivity contribution < 1.29 is 13.2 Å². The number of ether oxygens (including phenoxy) is 1. The van der Waals surface area contributed by atoms with Crippen molar-refractivity contribution in [3.05, 3.63) is 94.0 Å². The highest BCUT2D eigenvalue weighted by molar-refractivity contribution is 7.89. The van der Waals surface area contributed by atoms with E-state index in [1.165, 1.54) is 11.1 Å². The Bertz CT molecular complexity index is 1510. The van der Waals surface area contributed by atoms with Gasteiger partial charge in [0, 0.05) is 5.56 Å². The number of hydrogen-bond acceptors (Lipinski definition) is 4. The van der Waals surface area contributed by atoms with Crippen LogP contribution in [0.1, 0.15) is 86.9 Å². The Labute approximate surface area is 234 Å². The third-order valence-electron chi connectivity index (χ3n) is 7.62. The lowest BCUT2D eigenvalue weighted by Crippen LogP contribution is -2.38. The molecule has 1 aliphatic heterocycles. The van der Waals surface area contributed by atoms with Gasteiger partial charge < -0.3 is 4.74 Å². The van der Waals surface area contributed by atoms with Gasteiger partial charge in [-0.3, -0.25) is 4.99 Å². The van der Waals surface area contributed by atoms with Gasteiger partial charge in [-0.2, -0.15) is 0 Å². The van der Waals surface area contributed by atoms with Crippen LogP contribution in [0.25, 0.3) is 0 Å². The van der Waals surface area contributed by atoms with E-state index in [2.05, 4.69) is 46.8 Å². The van der Waals surface area contributed by atoms with E-state index in [0.717, 1.165) is 53.7 Å². The van der Waals surface area contributed by atoms with Crippen molar-refractivity contribution in [1.29, 1.82) is 0 Å². The van der Waals surface area contributed by atoms with Crippen molar-refractivity contribution in [2.75, 3.05) is 7.11 Å². The summed E-state index contributed by atoms with van der Waals surface area (Å²) in [4.78, 5) is 5.57. The molecule has 0 fully saturated rings. The van der Waals surface area contributed by atoms with E-state index >= 15 is 0 Å². The van der Waals surface area contributed by atoms with Crippen LogP contribution in [0.4, 0.5) is 0 Å². The number of aliphatic imine (C=N–C) groups is 1. The standard InChI is InChI=1S/C33H40N2O3S/c1-22-11-17-27(18-12-22)39(36,37)35-30(23-13-15-26(38-7)16-14-23)28-19-24-9-8-10-25(24)20-29(28)31(35)34-33(5,6)21-32(2,3)4/h11-20,30H,8-10,21H2,1-7H3. The van der Waals surface area contributed by atoms with Crippen LogP contribution in [-0.4, -0.2) is 31.2 Å². The van der Waals surface area contributed by atoms with Gasteiger partial charge in [-0.25, -0.2) is 12.7 Å². The van der Waals surface area contributed by atoms with Crippen molar-refractivity contribution in [2.24, 2.45) is 10.4 Å². The molecule has 3 aromatic rings. The van der Waals surface area contributed by atoms with Gasteiger partial charge in [0.15, 0.2) is 0 Å². The van der Waals surface area contributed by atoms with Crippen molar-refractivity contribution in [3.63, 3.8) is 0 Å². The molecule has 1 atom stereocenters. The van der Waals surface area contributed by atoms with Gasteiger partial charge >= 0.3 is 0 Å². The molecule has 2 aliphatic rings. The quantitative estimate of drug-likeness (QED) is 0.328. The fourth-order valence-corrected chi connectivity index (χ4v) is 7.93. The summed E-state index contributed by atoms with van der Waals surface area (Å²) in [6.07, 6.45) is 3.97. The molecule has 0 amide bonds. The smallest absolute Gasteiger partial charge is 0.266 e. The summed E-state index contributed by atoms with van der Waals surface area (Å²) in [5.74, 6) is 1.27. The van der Waals surface area contributed by atoms with Crippen LogP contribution in [-0.2, 0) is 22.9 Å². The average molecular weight is 545 g/mol. The van der Waals surface area contributed by atoms with E-state index in [1.54, 1.807) is 23.5 Å². The zero-order valence-electron chi connectivity index (χ0n) is 24.2. The molecule has 6 heteroatoms. The number of benzene rings is 3. The summed E-state index contributed by atoms with van der Waals surface area (Å²) in [5, 5.41) is 0. The summed E-state index contributed by atoms with van der Waals surface area (Å²) in [6.45, 7) is 12.8. The zero-order valence-corrected chi connectivity index (χ0v) is 25.0. The molecule has 1 aliphatic carbocycles. The molecular formula is C33H40N2O3S. The third-order valence-corrected chi connectivity index (χ3v) is 9.39. The summed E-state index contributed by atoms with van der Waals surface area (Å²) >= 11 is 0. The molecule has 0 saturated heterocycles. The van der Waals surface area contributed by atoms with Gasteiger partial charge in [0.2, 0.25) is 0 Å². The molecule has 1 unspecified atom stereocenters. The Balaban J connectivity index is 1.78. The lowest BCUT2D eigenvalue weighted by atomic mass is 9.82. The molecule has 5 rings (SSSR count). The highest BCUT2D eigenvalue weighted by atomic mass is 32.2. The Hall–Kier alpha value is -3.12. The molecular weight excluding hydrogens is 504 g/mol. The first-order valence-corrected chi connectivity index (χ1v) is 15.2. The van der Waals surface area contributed by atoms with Crippen LogP contribution >= 0.6 is 0 Å². The second-order valence-corrected chi connectivity index (χ2v) is 14.7. The second kappa shape index (κ2) is 9.81. The van der Waals surface area contributed by atoms with E-state index < -0.39 is 21.6 Å². The van der Waals surface area contributed by atoms with Crippen LogP contribution < -0.4 is 4.74 Å². The fraction of sp³-hybridized carbons (Fsp3) is 0.424. The van der Waals surface area contributed by atoms with Crippen LogP contribution in [0.15, 0.2) is 70.6 Å². The third kappa shape index (κ3) is 5.36. The van der Waals surface area contributed by atoms with Crippen molar-refractivity contribution in [1.82, 2.24) is 4.31 Å². The first-order chi connectivity index (χ1) is 18.3. The number of aryl methyl sites for hydroxylation is 3. The minimum atomic E-state index is -3.94. The highest BCUT2D eigenvalue weighted by Crippen LogP contribution is 2.46. The van der Waals surface area contributed by atoms with Crippen LogP contribution in [0.2, 0.25) is 0 Å². The minimum absolute atomic E-state index is 0.0307. The topological polar surface area (TPSA) is 59.0 Å². The Morgan fingerprint density at radius 1 is 0.923 bits per heavy atom. The van der Waals surface area contributed by atoms with E-state index in [-0.39, 0.29) is 10.3 Å². The Morgan fingerprint density at radius 2 is 1.54 bits per heavy atom. The first kappa shape index (κ1) is 27.4. The van der Waals surface area contributed by atoms with E-state index in [4.69, 9.17) is 9.73 Å². The molecule has 39 heavy (non-hydrogen) atoms. The lowest BCUT2D eigenvalue weighted by Gasteiger charge is -2.32. The lowest BCUT2D eigenvalue weighted by molar-refractivity contribution is 0.287. The minimum Gasteiger partial charge on any atom is -0.497 e. The summed E-state index contributed by atoms with van der Waals surface area (Å²) in [7, 11) is -2.31. The molecule has 0 radical (unpaired) electrons. The number of hydrogen-bond donors (Lipinski definition) is 0. The molecule has 0 aromatic heterocycles. The Morgan fingerprint density at radius 3 is 2.13 bits per heavy atom. The number of fused-ring (bicyclic) bond motifs is 2. The number of nitrogens with zero attached hydrogens (tertiary/aromatic N) is 2. The maximum Gasteiger partial charge on any atom is 0.266 e. The number of methoxy groups -OCH3 is 1. The first-order valence-electron chi connectivity index (χ1n) is 13.8. The summed E-state index contributed by atoms with van der Waals surface area (Å²) < 4.78 is 36.2. The molecule has 0 saturated carbocycles. The number of rotatable bonds is 6. The predicted octanol–water partition coefficient (Wildman–Crippen LogP) is 7.25. The molecule has 5 nitrogen and oxygen atoms in total. The summed E-state index contributed by atoms with van der Waals surface area (Å²) in [5.41, 5.74) is 6.01. The predicted molar refractivity (Wildman–Crippen MR) is 158 cm³/mol. The Kier molecular flexibility index (Phi) is 6.91. The average Bonchev–Trinajstić information content (AvgIpc) is 3.43. The highest BCUT2D eigenvalue weighted by Gasteiger charge is 2.45. The van der Waals surface area contributed by atoms with Gasteiger partial charge in [-0.05, 0) is 104 Å². The normalized spacial score (nSPS) is 18.4. The molecule has 1 heterocycles. The largest absolute Gasteiger partial charge is 0.497 e. The van der Waals surface area contributed by atoms with E-state index in [9.17, 15) is 8.42 Å². The molecule has 206 valence electrons. The molecule has 0 bridgehead atoms. The fourth-order valence-electron chi connectivity index (χ4n) is 6.34. The second-order valence-electron chi connectivity index (χ2n) is 12.8. The molecule has 3 aromatic carbocycles. The van der Waals surface area contributed by atoms with Crippen molar-refractivity contribution in [2.45, 2.75) is 83.7 Å². The van der Waals surface area contributed by atoms with Gasteiger partial charge in [0.25, 0.3) is 10.0 Å². The summed E-state index contributed by atoms with van der Waals surface area (Å²) in [6, 6.07) is 18.8. The number of sulfonamides is 1. The van der Waals surface area contributed by atoms with Gasteiger partial charge in [-0.15, -0.1) is 0 Å². The van der Waals surface area contributed by atoms with Crippen molar-refractivity contribution >= 4 is 15.9 Å². The van der Waals surface area contributed by atoms with Crippen LogP contribution in [0.3, 0.4) is 0 Å². The number of amidine groups is 1. The van der Waals surface area contributed by atoms with Crippen LogP contribution in [0.5, 0.6) is 5.75 Å². The SMILES string of the molecule is COc1ccc(C2c3cc4c(cc3C(=NC(C)(C)CC(C)(C)C)N2S(=O)(=O)c2ccc(C)cc2)CCC4)cc1. The van der Waals surface area contributed by atoms with Crippen molar-refractivity contribution in [3.8, 4) is 5.75 Å². The zero-order chi connectivity index (χ0) is 28.2. The van der Waals surface area contributed by atoms with Gasteiger partial charge in [0.05, 0.1) is 23.6 Å². The van der Waals surface area contributed by atoms with E-state index in [1.807, 2.05) is 43.3 Å². The van der Waals surface area contributed by atoms with Gasteiger partial charge in [0.1, 0.15) is 11.6 Å². The maximum atomic E-state index is 14.6. The molecule has 0 spiro atoms. The van der Waals surface area contributed by atoms with Crippen LogP contribution in [0, 0.1) is 12.3 Å². The maximum absolute atomic E-state index is 14.6.